The Kier molecular flexibility index (Phi) is 4.15. The second-order valence-corrected chi connectivity index (χ2v) is 4.20. The number of carbonyl (C=O) groups excluding carboxylic acids is 1. The minimum atomic E-state index is -0.321. The van der Waals surface area contributed by atoms with E-state index in [-0.39, 0.29) is 11.7 Å². The molecule has 0 fully saturated rings. The van der Waals surface area contributed by atoms with Crippen LogP contribution in [0.4, 0.5) is 0 Å². The van der Waals surface area contributed by atoms with E-state index in [4.69, 9.17) is 11.6 Å². The number of aromatic hydroxyl groups is 1. The van der Waals surface area contributed by atoms with Crippen molar-refractivity contribution in [1.29, 1.82) is 0 Å². The maximum absolute atomic E-state index is 11.7. The lowest BCUT2D eigenvalue weighted by Crippen LogP contribution is -2.17. The highest BCUT2D eigenvalue weighted by atomic mass is 35.5. The minimum absolute atomic E-state index is 0.0436. The van der Waals surface area contributed by atoms with Gasteiger partial charge in [0, 0.05) is 16.1 Å². The summed E-state index contributed by atoms with van der Waals surface area (Å²) in [7, 11) is 0. The summed E-state index contributed by atoms with van der Waals surface area (Å²) in [4.78, 5) is 11.7. The van der Waals surface area contributed by atoms with Gasteiger partial charge in [0.05, 0.1) is 6.21 Å². The number of hydrazone groups is 1. The van der Waals surface area contributed by atoms with Crippen LogP contribution in [0.1, 0.15) is 15.9 Å². The van der Waals surface area contributed by atoms with Crippen LogP contribution in [-0.2, 0) is 0 Å². The minimum Gasteiger partial charge on any atom is -0.507 e. The number of phenolic OH excluding ortho intramolecular Hbond substituents is 1. The molecule has 1 amide bonds. The number of nitrogens with one attached hydrogen (secondary N) is 1. The maximum Gasteiger partial charge on any atom is 0.271 e. The molecule has 0 unspecified atom stereocenters. The van der Waals surface area contributed by atoms with Gasteiger partial charge >= 0.3 is 0 Å². The molecule has 0 atom stereocenters. The van der Waals surface area contributed by atoms with Crippen molar-refractivity contribution in [2.45, 2.75) is 0 Å². The lowest BCUT2D eigenvalue weighted by molar-refractivity contribution is 0.0955. The van der Waals surface area contributed by atoms with E-state index in [1.807, 2.05) is 6.07 Å². The quantitative estimate of drug-likeness (QED) is 0.668. The number of hydrogen-bond donors (Lipinski definition) is 2. The number of nitrogens with zero attached hydrogens (tertiary/aromatic N) is 1. The van der Waals surface area contributed by atoms with E-state index in [2.05, 4.69) is 10.5 Å². The highest BCUT2D eigenvalue weighted by molar-refractivity contribution is 6.30. The number of halogens is 1. The van der Waals surface area contributed by atoms with Crippen molar-refractivity contribution >= 4 is 23.7 Å². The van der Waals surface area contributed by atoms with Crippen molar-refractivity contribution in [3.63, 3.8) is 0 Å². The Morgan fingerprint density at radius 1 is 1.21 bits per heavy atom. The molecule has 0 spiro atoms. The topological polar surface area (TPSA) is 61.7 Å². The van der Waals surface area contributed by atoms with Crippen molar-refractivity contribution in [3.8, 4) is 5.75 Å². The molecule has 0 aromatic heterocycles. The molecule has 0 aliphatic heterocycles. The smallest absolute Gasteiger partial charge is 0.271 e. The van der Waals surface area contributed by atoms with Crippen molar-refractivity contribution in [2.75, 3.05) is 0 Å². The summed E-state index contributed by atoms with van der Waals surface area (Å²) in [6.45, 7) is 0. The molecule has 2 aromatic rings. The van der Waals surface area contributed by atoms with Crippen LogP contribution in [0, 0.1) is 0 Å². The van der Waals surface area contributed by atoms with Gasteiger partial charge in [-0.3, -0.25) is 4.79 Å². The third kappa shape index (κ3) is 3.56. The van der Waals surface area contributed by atoms with E-state index in [1.54, 1.807) is 36.4 Å². The second-order valence-electron chi connectivity index (χ2n) is 3.77. The fraction of sp³-hybridized carbons (Fsp3) is 0. The Hall–Kier alpha value is -2.33. The third-order valence-corrected chi connectivity index (χ3v) is 2.63. The fourth-order valence-corrected chi connectivity index (χ4v) is 1.62. The Morgan fingerprint density at radius 2 is 1.95 bits per heavy atom. The Morgan fingerprint density at radius 3 is 2.68 bits per heavy atom. The van der Waals surface area contributed by atoms with E-state index in [0.29, 0.717) is 16.1 Å². The Balaban J connectivity index is 2.04. The molecule has 2 rings (SSSR count). The highest BCUT2D eigenvalue weighted by Gasteiger charge is 2.02. The molecule has 2 N–H and O–H groups in total. The lowest BCUT2D eigenvalue weighted by Gasteiger charge is -2.00. The van der Waals surface area contributed by atoms with Crippen LogP contribution in [0.2, 0.25) is 5.02 Å². The number of benzene rings is 2. The normalized spacial score (nSPS) is 10.6. The van der Waals surface area contributed by atoms with Gasteiger partial charge in [-0.2, -0.15) is 5.10 Å². The molecule has 0 aliphatic carbocycles. The van der Waals surface area contributed by atoms with E-state index in [0.717, 1.165) is 0 Å². The monoisotopic (exact) mass is 274 g/mol. The number of amides is 1. The van der Waals surface area contributed by atoms with Gasteiger partial charge in [-0.05, 0) is 30.3 Å². The first-order valence-electron chi connectivity index (χ1n) is 5.54. The average Bonchev–Trinajstić information content (AvgIpc) is 2.43. The molecule has 0 aliphatic rings. The summed E-state index contributed by atoms with van der Waals surface area (Å²) in [5.41, 5.74) is 3.31. The van der Waals surface area contributed by atoms with Crippen LogP contribution in [0.5, 0.6) is 5.75 Å². The van der Waals surface area contributed by atoms with Gasteiger partial charge in [0.25, 0.3) is 5.91 Å². The molecule has 96 valence electrons. The molecule has 0 bridgehead atoms. The summed E-state index contributed by atoms with van der Waals surface area (Å²) < 4.78 is 0. The summed E-state index contributed by atoms with van der Waals surface area (Å²) in [5, 5.41) is 13.8. The first-order valence-corrected chi connectivity index (χ1v) is 5.91. The SMILES string of the molecule is O=C(NN=Cc1cc(Cl)ccc1O)c1ccccc1. The number of carbonyl (C=O) groups is 1. The molecule has 5 heteroatoms. The molecule has 2 aromatic carbocycles. The van der Waals surface area contributed by atoms with E-state index >= 15 is 0 Å². The van der Waals surface area contributed by atoms with E-state index in [1.165, 1.54) is 12.3 Å². The largest absolute Gasteiger partial charge is 0.507 e. The fourth-order valence-electron chi connectivity index (χ4n) is 1.44. The molecule has 0 saturated heterocycles. The van der Waals surface area contributed by atoms with E-state index < -0.39 is 0 Å². The predicted octanol–water partition coefficient (Wildman–Crippen LogP) is 2.81. The van der Waals surface area contributed by atoms with Gasteiger partial charge in [0.2, 0.25) is 0 Å². The van der Waals surface area contributed by atoms with Crippen molar-refractivity contribution in [3.05, 3.63) is 64.7 Å². The van der Waals surface area contributed by atoms with Crippen molar-refractivity contribution in [1.82, 2.24) is 5.43 Å². The zero-order valence-corrected chi connectivity index (χ0v) is 10.6. The second kappa shape index (κ2) is 6.02. The summed E-state index contributed by atoms with van der Waals surface area (Å²) >= 11 is 5.79. The van der Waals surface area contributed by atoms with Crippen LogP contribution in [0.15, 0.2) is 53.6 Å². The number of rotatable bonds is 3. The van der Waals surface area contributed by atoms with Crippen LogP contribution in [-0.4, -0.2) is 17.2 Å². The Bertz CT molecular complexity index is 612. The molecule has 0 saturated carbocycles. The zero-order valence-electron chi connectivity index (χ0n) is 9.88. The van der Waals surface area contributed by atoms with Gasteiger partial charge < -0.3 is 5.11 Å². The third-order valence-electron chi connectivity index (χ3n) is 2.40. The molecular formula is C14H11ClN2O2. The van der Waals surface area contributed by atoms with Crippen molar-refractivity contribution < 1.29 is 9.90 Å². The van der Waals surface area contributed by atoms with Gasteiger partial charge in [0.1, 0.15) is 5.75 Å². The van der Waals surface area contributed by atoms with Crippen LogP contribution >= 0.6 is 11.6 Å². The first-order chi connectivity index (χ1) is 9.16. The van der Waals surface area contributed by atoms with Gasteiger partial charge in [-0.25, -0.2) is 5.43 Å². The number of phenols is 1. The zero-order chi connectivity index (χ0) is 13.7. The summed E-state index contributed by atoms with van der Waals surface area (Å²) in [5.74, 6) is -0.277. The molecular weight excluding hydrogens is 264 g/mol. The molecule has 0 heterocycles. The summed E-state index contributed by atoms with van der Waals surface area (Å²) in [6, 6.07) is 13.3. The van der Waals surface area contributed by atoms with Crippen LogP contribution in [0.3, 0.4) is 0 Å². The van der Waals surface area contributed by atoms with Gasteiger partial charge in [-0.1, -0.05) is 29.8 Å². The first kappa shape index (κ1) is 13.1. The molecule has 4 nitrogen and oxygen atoms in total. The van der Waals surface area contributed by atoms with E-state index in [9.17, 15) is 9.90 Å². The van der Waals surface area contributed by atoms with Gasteiger partial charge in [-0.15, -0.1) is 0 Å². The summed E-state index contributed by atoms with van der Waals surface area (Å²) in [6.07, 6.45) is 1.34. The standard InChI is InChI=1S/C14H11ClN2O2/c15-12-6-7-13(18)11(8-12)9-16-17-14(19)10-4-2-1-3-5-10/h1-9,18H,(H,17,19). The predicted molar refractivity (Wildman–Crippen MR) is 74.6 cm³/mol. The van der Waals surface area contributed by atoms with Crippen molar-refractivity contribution in [2.24, 2.45) is 5.10 Å². The van der Waals surface area contributed by atoms with Gasteiger partial charge in [0.15, 0.2) is 0 Å². The van der Waals surface area contributed by atoms with Crippen LogP contribution < -0.4 is 5.43 Å². The molecule has 0 radical (unpaired) electrons. The highest BCUT2D eigenvalue weighted by Crippen LogP contribution is 2.19. The maximum atomic E-state index is 11.7. The molecule has 19 heavy (non-hydrogen) atoms. The average molecular weight is 275 g/mol. The Labute approximate surface area is 115 Å². The lowest BCUT2D eigenvalue weighted by atomic mass is 10.2. The number of hydrogen-bond acceptors (Lipinski definition) is 3. The van der Waals surface area contributed by atoms with Crippen LogP contribution in [0.25, 0.3) is 0 Å².